The number of benzene rings is 3. The number of anilines is 1. The van der Waals surface area contributed by atoms with Crippen LogP contribution in [0.4, 0.5) is 5.69 Å². The highest BCUT2D eigenvalue weighted by molar-refractivity contribution is 6.31. The van der Waals surface area contributed by atoms with Crippen LogP contribution in [0.3, 0.4) is 0 Å². The number of carbonyl (C=O) groups excluding carboxylic acids is 2. The summed E-state index contributed by atoms with van der Waals surface area (Å²) in [4.78, 5) is 27.4. The predicted molar refractivity (Wildman–Crippen MR) is 126 cm³/mol. The summed E-state index contributed by atoms with van der Waals surface area (Å²) in [5, 5.41) is 4.08. The highest BCUT2D eigenvalue weighted by atomic mass is 35.5. The van der Waals surface area contributed by atoms with Gasteiger partial charge < -0.3 is 15.0 Å². The second-order valence-electron chi connectivity index (χ2n) is 7.58. The molecule has 0 saturated heterocycles. The van der Waals surface area contributed by atoms with Crippen LogP contribution in [0, 0.1) is 0 Å². The lowest BCUT2D eigenvalue weighted by Crippen LogP contribution is -2.38. The number of rotatable bonds is 5. The Morgan fingerprint density at radius 1 is 1.09 bits per heavy atom. The van der Waals surface area contributed by atoms with Crippen molar-refractivity contribution in [3.8, 4) is 5.75 Å². The van der Waals surface area contributed by atoms with E-state index in [0.29, 0.717) is 46.6 Å². The van der Waals surface area contributed by atoms with Crippen molar-refractivity contribution in [2.75, 3.05) is 5.32 Å². The zero-order valence-electron chi connectivity index (χ0n) is 17.5. The molecule has 0 radical (unpaired) electrons. The number of nitrogens with one attached hydrogen (secondary N) is 1. The zero-order chi connectivity index (χ0) is 22.7. The fourth-order valence-corrected chi connectivity index (χ4v) is 3.94. The summed E-state index contributed by atoms with van der Waals surface area (Å²) in [7, 11) is 0. The Morgan fingerprint density at radius 2 is 1.84 bits per heavy atom. The summed E-state index contributed by atoms with van der Waals surface area (Å²) in [6, 6.07) is 19.6. The lowest BCUT2D eigenvalue weighted by molar-refractivity contribution is -0.139. The van der Waals surface area contributed by atoms with Gasteiger partial charge in [0.2, 0.25) is 0 Å². The maximum Gasteiger partial charge on any atom is 0.264 e. The molecule has 1 heterocycles. The van der Waals surface area contributed by atoms with Gasteiger partial charge in [0.25, 0.3) is 11.8 Å². The monoisotopic (exact) mass is 468 g/mol. The second kappa shape index (κ2) is 9.63. The Kier molecular flexibility index (Phi) is 6.68. The van der Waals surface area contributed by atoms with Crippen LogP contribution < -0.4 is 10.1 Å². The lowest BCUT2D eigenvalue weighted by atomic mass is 10.1. The number of halogens is 2. The highest BCUT2D eigenvalue weighted by Crippen LogP contribution is 2.31. The number of hydrogen-bond acceptors (Lipinski definition) is 3. The Balaban J connectivity index is 1.59. The van der Waals surface area contributed by atoms with E-state index in [-0.39, 0.29) is 11.8 Å². The molecule has 0 fully saturated rings. The van der Waals surface area contributed by atoms with Gasteiger partial charge in [-0.15, -0.1) is 0 Å². The van der Waals surface area contributed by atoms with E-state index in [0.717, 1.165) is 11.1 Å². The van der Waals surface area contributed by atoms with Crippen molar-refractivity contribution in [2.24, 2.45) is 0 Å². The number of nitrogens with zero attached hydrogens (tertiary/aromatic N) is 1. The van der Waals surface area contributed by atoms with Gasteiger partial charge in [0.1, 0.15) is 5.75 Å². The quantitative estimate of drug-likeness (QED) is 0.503. The number of amides is 2. The van der Waals surface area contributed by atoms with Gasteiger partial charge in [0.15, 0.2) is 6.10 Å². The molecular weight excluding hydrogens is 447 g/mol. The van der Waals surface area contributed by atoms with Crippen LogP contribution in [0.15, 0.2) is 66.7 Å². The molecule has 0 saturated carbocycles. The highest BCUT2D eigenvalue weighted by Gasteiger charge is 2.30. The minimum absolute atomic E-state index is 0.0876. The number of fused-ring (bicyclic) bond motifs is 1. The van der Waals surface area contributed by atoms with E-state index in [1.807, 2.05) is 37.3 Å². The smallest absolute Gasteiger partial charge is 0.264 e. The molecule has 32 heavy (non-hydrogen) atoms. The Bertz CT molecular complexity index is 1150. The van der Waals surface area contributed by atoms with Gasteiger partial charge in [-0.25, -0.2) is 0 Å². The fourth-order valence-electron chi connectivity index (χ4n) is 3.62. The molecule has 7 heteroatoms. The van der Waals surface area contributed by atoms with Crippen molar-refractivity contribution in [3.63, 3.8) is 0 Å². The minimum Gasteiger partial charge on any atom is -0.480 e. The van der Waals surface area contributed by atoms with Gasteiger partial charge in [-0.05, 0) is 60.5 Å². The maximum atomic E-state index is 13.1. The molecular formula is C25H22Cl2N2O3. The molecule has 1 aliphatic rings. The van der Waals surface area contributed by atoms with Gasteiger partial charge in [0.05, 0.1) is 0 Å². The van der Waals surface area contributed by atoms with Crippen molar-refractivity contribution in [1.29, 1.82) is 0 Å². The third-order valence-electron chi connectivity index (χ3n) is 5.33. The van der Waals surface area contributed by atoms with Gasteiger partial charge in [-0.3, -0.25) is 9.59 Å². The first-order valence-corrected chi connectivity index (χ1v) is 11.1. The molecule has 1 aliphatic heterocycles. The van der Waals surface area contributed by atoms with Gasteiger partial charge >= 0.3 is 0 Å². The summed E-state index contributed by atoms with van der Waals surface area (Å²) < 4.78 is 6.02. The van der Waals surface area contributed by atoms with E-state index in [1.165, 1.54) is 0 Å². The maximum absolute atomic E-state index is 13.1. The fraction of sp³-hybridized carbons (Fsp3) is 0.200. The average molecular weight is 469 g/mol. The van der Waals surface area contributed by atoms with Gasteiger partial charge in [0, 0.05) is 39.9 Å². The van der Waals surface area contributed by atoms with E-state index in [2.05, 4.69) is 5.32 Å². The van der Waals surface area contributed by atoms with E-state index < -0.39 is 6.10 Å². The number of hydrogen-bond donors (Lipinski definition) is 1. The molecule has 0 aliphatic carbocycles. The second-order valence-corrected chi connectivity index (χ2v) is 8.43. The zero-order valence-corrected chi connectivity index (χ0v) is 19.0. The van der Waals surface area contributed by atoms with E-state index >= 15 is 0 Å². The van der Waals surface area contributed by atoms with Crippen LogP contribution in [0.25, 0.3) is 0 Å². The average Bonchev–Trinajstić information content (AvgIpc) is 2.92. The molecule has 0 aromatic heterocycles. The van der Waals surface area contributed by atoms with Crippen molar-refractivity contribution >= 4 is 40.7 Å². The van der Waals surface area contributed by atoms with Crippen LogP contribution in [-0.4, -0.2) is 22.8 Å². The molecule has 3 aromatic carbocycles. The van der Waals surface area contributed by atoms with Crippen molar-refractivity contribution < 1.29 is 14.3 Å². The predicted octanol–water partition coefficient (Wildman–Crippen LogP) is 5.95. The van der Waals surface area contributed by atoms with Gasteiger partial charge in [-0.1, -0.05) is 48.3 Å². The molecule has 1 N–H and O–H groups in total. The van der Waals surface area contributed by atoms with E-state index in [4.69, 9.17) is 27.9 Å². The molecule has 1 atom stereocenters. The first-order valence-electron chi connectivity index (χ1n) is 10.3. The molecule has 3 aromatic rings. The first kappa shape index (κ1) is 22.2. The van der Waals surface area contributed by atoms with Crippen LogP contribution >= 0.6 is 23.2 Å². The number of carbonyl (C=O) groups is 2. The SMILES string of the molecule is CC[C@H]1Oc2ccc(NC(=O)c3ccc(Cl)cc3)cc2CN(Cc2ccccc2Cl)C1=O. The summed E-state index contributed by atoms with van der Waals surface area (Å²) in [6.07, 6.45) is -0.0277. The van der Waals surface area contributed by atoms with Crippen molar-refractivity contribution in [3.05, 3.63) is 93.5 Å². The summed E-state index contributed by atoms with van der Waals surface area (Å²) in [5.41, 5.74) is 2.80. The third-order valence-corrected chi connectivity index (χ3v) is 5.95. The number of ether oxygens (including phenoxy) is 1. The molecule has 164 valence electrons. The van der Waals surface area contributed by atoms with Crippen LogP contribution in [0.2, 0.25) is 10.0 Å². The third kappa shape index (κ3) is 4.90. The Labute approximate surface area is 196 Å². The first-order chi connectivity index (χ1) is 15.4. The molecule has 2 amide bonds. The van der Waals surface area contributed by atoms with Crippen molar-refractivity contribution in [1.82, 2.24) is 4.90 Å². The Morgan fingerprint density at radius 3 is 2.56 bits per heavy atom. The molecule has 0 spiro atoms. The summed E-state index contributed by atoms with van der Waals surface area (Å²) in [6.45, 7) is 2.64. The van der Waals surface area contributed by atoms with E-state index in [1.54, 1.807) is 41.3 Å². The largest absolute Gasteiger partial charge is 0.480 e. The normalized spacial score (nSPS) is 15.5. The van der Waals surface area contributed by atoms with E-state index in [9.17, 15) is 9.59 Å². The van der Waals surface area contributed by atoms with Crippen molar-refractivity contribution in [2.45, 2.75) is 32.5 Å². The van der Waals surface area contributed by atoms with Crippen LogP contribution in [0.5, 0.6) is 5.75 Å². The summed E-state index contributed by atoms with van der Waals surface area (Å²) in [5.74, 6) is 0.304. The summed E-state index contributed by atoms with van der Waals surface area (Å²) >= 11 is 12.2. The lowest BCUT2D eigenvalue weighted by Gasteiger charge is -2.23. The Hall–Kier alpha value is -3.02. The molecule has 5 nitrogen and oxygen atoms in total. The van der Waals surface area contributed by atoms with Crippen LogP contribution in [0.1, 0.15) is 34.8 Å². The molecule has 0 unspecified atom stereocenters. The molecule has 4 rings (SSSR count). The topological polar surface area (TPSA) is 58.6 Å². The standard InChI is InChI=1S/C25H22Cl2N2O3/c1-2-22-25(31)29(14-17-5-3-4-6-21(17)27)15-18-13-20(11-12-23(18)32-22)28-24(30)16-7-9-19(26)10-8-16/h3-13,22H,2,14-15H2,1H3,(H,28,30)/t22-/m1/s1. The van der Waals surface area contributed by atoms with Crippen LogP contribution in [-0.2, 0) is 17.9 Å². The van der Waals surface area contributed by atoms with Gasteiger partial charge in [-0.2, -0.15) is 0 Å². The minimum atomic E-state index is -0.576. The molecule has 0 bridgehead atoms.